The average Bonchev–Trinajstić information content (AvgIpc) is 3.03. The lowest BCUT2D eigenvalue weighted by atomic mass is 9.90. The molecule has 0 aliphatic carbocycles. The monoisotopic (exact) mass is 379 g/mol. The van der Waals surface area contributed by atoms with Gasteiger partial charge >= 0.3 is 0 Å². The van der Waals surface area contributed by atoms with Crippen LogP contribution >= 0.6 is 11.8 Å². The minimum atomic E-state index is 0.0774. The molecule has 0 N–H and O–H groups in total. The molecular formula is C22H25N3OS. The van der Waals surface area contributed by atoms with E-state index in [1.54, 1.807) is 11.8 Å². The van der Waals surface area contributed by atoms with Gasteiger partial charge in [0.25, 0.3) is 0 Å². The van der Waals surface area contributed by atoms with Gasteiger partial charge in [0.15, 0.2) is 5.78 Å². The molecule has 1 fully saturated rings. The van der Waals surface area contributed by atoms with Crippen LogP contribution in [0.5, 0.6) is 0 Å². The maximum atomic E-state index is 13.0. The number of Topliss-reactive ketones (excluding diaryl/α,β-unsaturated/α-hetero) is 1. The molecule has 27 heavy (non-hydrogen) atoms. The standard InChI is InChI=1S/C22H25N3OS/c1-24-20-8-4-3-7-19(20)23-21(24)15-25-13-5-6-17(14-25)22(26)16-9-11-18(27-2)12-10-16/h3-4,7-12,17H,5-6,13-15H2,1-2H3/t17-/m0/s1. The smallest absolute Gasteiger partial charge is 0.167 e. The van der Waals surface area contributed by atoms with Crippen LogP contribution in [0.4, 0.5) is 0 Å². The first-order valence-corrected chi connectivity index (χ1v) is 10.7. The van der Waals surface area contributed by atoms with Gasteiger partial charge in [0, 0.05) is 30.0 Å². The second-order valence-corrected chi connectivity index (χ2v) is 8.12. The number of carbonyl (C=O) groups excluding carboxylic acids is 1. The number of piperidine rings is 1. The Kier molecular flexibility index (Phi) is 5.32. The predicted octanol–water partition coefficient (Wildman–Crippen LogP) is 4.39. The van der Waals surface area contributed by atoms with Crippen LogP contribution in [0.25, 0.3) is 11.0 Å². The summed E-state index contributed by atoms with van der Waals surface area (Å²) < 4.78 is 2.17. The zero-order valence-electron chi connectivity index (χ0n) is 15.9. The van der Waals surface area contributed by atoms with Crippen molar-refractivity contribution in [3.63, 3.8) is 0 Å². The third-order valence-electron chi connectivity index (χ3n) is 5.50. The molecule has 0 amide bonds. The maximum Gasteiger partial charge on any atom is 0.167 e. The highest BCUT2D eigenvalue weighted by atomic mass is 32.2. The van der Waals surface area contributed by atoms with Crippen LogP contribution in [0.15, 0.2) is 53.4 Å². The predicted molar refractivity (Wildman–Crippen MR) is 111 cm³/mol. The molecule has 0 bridgehead atoms. The lowest BCUT2D eigenvalue weighted by Gasteiger charge is -2.31. The molecule has 2 aromatic carbocycles. The number of benzene rings is 2. The number of aryl methyl sites for hydroxylation is 1. The summed E-state index contributed by atoms with van der Waals surface area (Å²) in [6.45, 7) is 2.63. The van der Waals surface area contributed by atoms with Crippen molar-refractivity contribution in [1.82, 2.24) is 14.5 Å². The molecule has 0 spiro atoms. The van der Waals surface area contributed by atoms with Crippen molar-refractivity contribution >= 4 is 28.6 Å². The molecule has 2 heterocycles. The fraction of sp³-hybridized carbons (Fsp3) is 0.364. The lowest BCUT2D eigenvalue weighted by Crippen LogP contribution is -2.38. The van der Waals surface area contributed by atoms with E-state index in [1.807, 2.05) is 36.4 Å². The maximum absolute atomic E-state index is 13.0. The van der Waals surface area contributed by atoms with Crippen molar-refractivity contribution in [2.45, 2.75) is 24.3 Å². The molecule has 0 unspecified atom stereocenters. The highest BCUT2D eigenvalue weighted by Crippen LogP contribution is 2.24. The largest absolute Gasteiger partial charge is 0.330 e. The molecule has 1 atom stereocenters. The van der Waals surface area contributed by atoms with E-state index in [1.165, 1.54) is 4.90 Å². The van der Waals surface area contributed by atoms with Crippen molar-refractivity contribution < 1.29 is 4.79 Å². The minimum absolute atomic E-state index is 0.0774. The van der Waals surface area contributed by atoms with E-state index in [-0.39, 0.29) is 11.7 Å². The Bertz CT molecular complexity index is 948. The number of nitrogens with zero attached hydrogens (tertiary/aromatic N) is 3. The summed E-state index contributed by atoms with van der Waals surface area (Å²) in [5, 5.41) is 0. The number of imidazole rings is 1. The molecule has 5 heteroatoms. The summed E-state index contributed by atoms with van der Waals surface area (Å²) in [5.41, 5.74) is 3.03. The molecule has 4 rings (SSSR count). The first-order chi connectivity index (χ1) is 13.2. The number of carbonyl (C=O) groups is 1. The minimum Gasteiger partial charge on any atom is -0.330 e. The molecule has 4 nitrogen and oxygen atoms in total. The summed E-state index contributed by atoms with van der Waals surface area (Å²) in [4.78, 5) is 21.3. The van der Waals surface area contributed by atoms with Gasteiger partial charge < -0.3 is 4.57 Å². The van der Waals surface area contributed by atoms with Gasteiger partial charge in [-0.1, -0.05) is 24.3 Å². The summed E-state index contributed by atoms with van der Waals surface area (Å²) in [5.74, 6) is 1.42. The lowest BCUT2D eigenvalue weighted by molar-refractivity contribution is 0.0807. The molecule has 1 aromatic heterocycles. The van der Waals surface area contributed by atoms with Crippen LogP contribution in [0, 0.1) is 5.92 Å². The Morgan fingerprint density at radius 1 is 1.19 bits per heavy atom. The van der Waals surface area contributed by atoms with E-state index in [0.717, 1.165) is 54.9 Å². The quantitative estimate of drug-likeness (QED) is 0.487. The number of aromatic nitrogens is 2. The van der Waals surface area contributed by atoms with Crippen molar-refractivity contribution in [3.05, 3.63) is 59.9 Å². The zero-order chi connectivity index (χ0) is 18.8. The number of likely N-dealkylation sites (tertiary alicyclic amines) is 1. The van der Waals surface area contributed by atoms with Gasteiger partial charge in [-0.15, -0.1) is 11.8 Å². The van der Waals surface area contributed by atoms with E-state index in [4.69, 9.17) is 4.98 Å². The first-order valence-electron chi connectivity index (χ1n) is 9.46. The molecule has 0 saturated carbocycles. The van der Waals surface area contributed by atoms with Crippen molar-refractivity contribution in [2.24, 2.45) is 13.0 Å². The molecule has 140 valence electrons. The van der Waals surface area contributed by atoms with Gasteiger partial charge in [-0.25, -0.2) is 4.98 Å². The van der Waals surface area contributed by atoms with E-state index in [2.05, 4.69) is 34.9 Å². The Balaban J connectivity index is 1.47. The molecular weight excluding hydrogens is 354 g/mol. The average molecular weight is 380 g/mol. The van der Waals surface area contributed by atoms with Gasteiger partial charge in [0.05, 0.1) is 17.6 Å². The molecule has 1 aliphatic rings. The van der Waals surface area contributed by atoms with Gasteiger partial charge in [-0.2, -0.15) is 0 Å². The van der Waals surface area contributed by atoms with Gasteiger partial charge in [-0.3, -0.25) is 9.69 Å². The van der Waals surface area contributed by atoms with Crippen LogP contribution in [0.1, 0.15) is 29.0 Å². The number of para-hydroxylation sites is 2. The van der Waals surface area contributed by atoms with E-state index in [0.29, 0.717) is 0 Å². The number of hydrogen-bond donors (Lipinski definition) is 0. The summed E-state index contributed by atoms with van der Waals surface area (Å²) in [6.07, 6.45) is 4.09. The normalized spacial score (nSPS) is 18.1. The van der Waals surface area contributed by atoms with Crippen LogP contribution in [0.3, 0.4) is 0 Å². The van der Waals surface area contributed by atoms with Gasteiger partial charge in [0.2, 0.25) is 0 Å². The Morgan fingerprint density at radius 2 is 1.96 bits per heavy atom. The summed E-state index contributed by atoms with van der Waals surface area (Å²) >= 11 is 1.70. The van der Waals surface area contributed by atoms with Crippen LogP contribution < -0.4 is 0 Å². The number of rotatable bonds is 5. The molecule has 1 saturated heterocycles. The molecule has 0 radical (unpaired) electrons. The van der Waals surface area contributed by atoms with Crippen molar-refractivity contribution in [1.29, 1.82) is 0 Å². The highest BCUT2D eigenvalue weighted by molar-refractivity contribution is 7.98. The molecule has 1 aliphatic heterocycles. The van der Waals surface area contributed by atoms with Crippen molar-refractivity contribution in [3.8, 4) is 0 Å². The van der Waals surface area contributed by atoms with Gasteiger partial charge in [-0.05, 0) is 49.9 Å². The Labute approximate surface area is 164 Å². The first kappa shape index (κ1) is 18.3. The Hall–Kier alpha value is -2.11. The number of hydrogen-bond acceptors (Lipinski definition) is 4. The molecule has 3 aromatic rings. The van der Waals surface area contributed by atoms with Crippen LogP contribution in [0.2, 0.25) is 0 Å². The second-order valence-electron chi connectivity index (χ2n) is 7.24. The van der Waals surface area contributed by atoms with E-state index < -0.39 is 0 Å². The van der Waals surface area contributed by atoms with Crippen LogP contribution in [-0.4, -0.2) is 39.6 Å². The third-order valence-corrected chi connectivity index (χ3v) is 6.24. The van der Waals surface area contributed by atoms with Crippen molar-refractivity contribution in [2.75, 3.05) is 19.3 Å². The van der Waals surface area contributed by atoms with Gasteiger partial charge in [0.1, 0.15) is 5.82 Å². The van der Waals surface area contributed by atoms with E-state index in [9.17, 15) is 4.79 Å². The SMILES string of the molecule is CSc1ccc(C(=O)[C@H]2CCCN(Cc3nc4ccccc4n3C)C2)cc1. The van der Waals surface area contributed by atoms with Crippen LogP contribution in [-0.2, 0) is 13.6 Å². The number of thioether (sulfide) groups is 1. The fourth-order valence-corrected chi connectivity index (χ4v) is 4.35. The van der Waals surface area contributed by atoms with E-state index >= 15 is 0 Å². The topological polar surface area (TPSA) is 38.1 Å². The highest BCUT2D eigenvalue weighted by Gasteiger charge is 2.27. The number of ketones is 1. The number of fused-ring (bicyclic) bond motifs is 1. The third kappa shape index (κ3) is 3.80. The fourth-order valence-electron chi connectivity index (χ4n) is 3.94. The zero-order valence-corrected chi connectivity index (χ0v) is 16.7. The summed E-state index contributed by atoms with van der Waals surface area (Å²) in [6, 6.07) is 16.3. The second kappa shape index (κ2) is 7.87. The summed E-state index contributed by atoms with van der Waals surface area (Å²) in [7, 11) is 2.07. The Morgan fingerprint density at radius 3 is 2.70 bits per heavy atom.